The monoisotopic (exact) mass is 499 g/mol. The molecular weight excluding hydrogens is 477 g/mol. The highest BCUT2D eigenvalue weighted by Crippen LogP contribution is 2.31. The average molecular weight is 500 g/mol. The first-order valence-electron chi connectivity index (χ1n) is 11.4. The lowest BCUT2D eigenvalue weighted by Gasteiger charge is -2.15. The van der Waals surface area contributed by atoms with E-state index in [2.05, 4.69) is 25.5 Å². The van der Waals surface area contributed by atoms with Crippen LogP contribution in [0.25, 0.3) is 22.2 Å². The molecule has 0 spiro atoms. The van der Waals surface area contributed by atoms with Gasteiger partial charge in [-0.15, -0.1) is 0 Å². The number of H-pyrrole nitrogens is 1. The SMILES string of the molecule is CC(C)n1cc(C(=O)Nc2ccc(Oc3ccnc4n[nH]c(N)c34)cn2)c(=O)c(-c2ccc(F)cc2)c1. The van der Waals surface area contributed by atoms with Gasteiger partial charge < -0.3 is 20.4 Å². The third-order valence-electron chi connectivity index (χ3n) is 5.69. The number of rotatable bonds is 6. The lowest BCUT2D eigenvalue weighted by Crippen LogP contribution is -2.25. The van der Waals surface area contributed by atoms with Crippen LogP contribution < -0.4 is 21.2 Å². The minimum absolute atomic E-state index is 0.0233. The highest BCUT2D eigenvalue weighted by Gasteiger charge is 2.18. The molecule has 0 aliphatic rings. The molecule has 5 aromatic rings. The van der Waals surface area contributed by atoms with Gasteiger partial charge in [-0.2, -0.15) is 5.10 Å². The fourth-order valence-corrected chi connectivity index (χ4v) is 3.74. The topological polar surface area (TPSA) is 141 Å². The molecule has 4 N–H and O–H groups in total. The second-order valence-electron chi connectivity index (χ2n) is 8.54. The molecule has 10 nitrogen and oxygen atoms in total. The maximum Gasteiger partial charge on any atom is 0.262 e. The Hall–Kier alpha value is -5.06. The second-order valence-corrected chi connectivity index (χ2v) is 8.54. The molecule has 0 saturated heterocycles. The van der Waals surface area contributed by atoms with E-state index in [1.807, 2.05) is 13.8 Å². The zero-order chi connectivity index (χ0) is 26.1. The van der Waals surface area contributed by atoms with Gasteiger partial charge in [-0.25, -0.2) is 14.4 Å². The summed E-state index contributed by atoms with van der Waals surface area (Å²) in [7, 11) is 0. The van der Waals surface area contributed by atoms with Crippen LogP contribution >= 0.6 is 0 Å². The smallest absolute Gasteiger partial charge is 0.262 e. The van der Waals surface area contributed by atoms with Crippen LogP contribution in [0.15, 0.2) is 72.0 Å². The number of hydrogen-bond donors (Lipinski definition) is 3. The first-order valence-corrected chi connectivity index (χ1v) is 11.4. The Labute approximate surface area is 210 Å². The summed E-state index contributed by atoms with van der Waals surface area (Å²) in [6.45, 7) is 3.85. The molecule has 4 aromatic heterocycles. The zero-order valence-corrected chi connectivity index (χ0v) is 19.9. The highest BCUT2D eigenvalue weighted by atomic mass is 19.1. The Morgan fingerprint density at radius 3 is 2.59 bits per heavy atom. The molecule has 186 valence electrons. The van der Waals surface area contributed by atoms with Crippen molar-refractivity contribution in [2.24, 2.45) is 0 Å². The molecule has 37 heavy (non-hydrogen) atoms. The van der Waals surface area contributed by atoms with Crippen LogP contribution in [0.1, 0.15) is 30.2 Å². The van der Waals surface area contributed by atoms with E-state index < -0.39 is 17.2 Å². The molecule has 5 rings (SSSR count). The number of nitrogens with zero attached hydrogens (tertiary/aromatic N) is 4. The van der Waals surface area contributed by atoms with Crippen LogP contribution in [-0.4, -0.2) is 30.6 Å². The van der Waals surface area contributed by atoms with Crippen molar-refractivity contribution >= 4 is 28.6 Å². The Kier molecular flexibility index (Phi) is 6.10. The number of anilines is 2. The number of aromatic nitrogens is 5. The summed E-state index contributed by atoms with van der Waals surface area (Å²) in [6, 6.07) is 10.3. The molecule has 0 bridgehead atoms. The van der Waals surface area contributed by atoms with E-state index >= 15 is 0 Å². The quantitative estimate of drug-likeness (QED) is 0.312. The number of ether oxygens (including phenoxy) is 1. The summed E-state index contributed by atoms with van der Waals surface area (Å²) in [4.78, 5) is 34.6. The van der Waals surface area contributed by atoms with Gasteiger partial charge in [0.2, 0.25) is 5.43 Å². The van der Waals surface area contributed by atoms with Gasteiger partial charge in [0.15, 0.2) is 5.65 Å². The number of carbonyl (C=O) groups is 1. The first-order chi connectivity index (χ1) is 17.8. The van der Waals surface area contributed by atoms with E-state index in [0.29, 0.717) is 39.5 Å². The van der Waals surface area contributed by atoms with Crippen LogP contribution in [-0.2, 0) is 0 Å². The number of pyridine rings is 3. The number of halogens is 1. The lowest BCUT2D eigenvalue weighted by molar-refractivity contribution is 0.102. The number of amides is 1. The number of aromatic amines is 1. The summed E-state index contributed by atoms with van der Waals surface area (Å²) in [5, 5.41) is 9.86. The maximum absolute atomic E-state index is 13.4. The van der Waals surface area contributed by atoms with Crippen LogP contribution in [0.5, 0.6) is 11.5 Å². The highest BCUT2D eigenvalue weighted by molar-refractivity contribution is 6.04. The molecule has 11 heteroatoms. The van der Waals surface area contributed by atoms with Crippen LogP contribution in [0, 0.1) is 5.82 Å². The summed E-state index contributed by atoms with van der Waals surface area (Å²) >= 11 is 0. The normalized spacial score (nSPS) is 11.1. The lowest BCUT2D eigenvalue weighted by atomic mass is 10.0. The number of nitrogens with two attached hydrogens (primary N) is 1. The van der Waals surface area contributed by atoms with Crippen molar-refractivity contribution in [3.05, 3.63) is 88.9 Å². The summed E-state index contributed by atoms with van der Waals surface area (Å²) in [5.74, 6) is 0.356. The molecule has 0 unspecified atom stereocenters. The van der Waals surface area contributed by atoms with Crippen molar-refractivity contribution in [2.45, 2.75) is 19.9 Å². The molecule has 0 fully saturated rings. The van der Waals surface area contributed by atoms with Crippen molar-refractivity contribution in [3.63, 3.8) is 0 Å². The maximum atomic E-state index is 13.4. The molecular formula is C26H22FN7O3. The van der Waals surface area contributed by atoms with Gasteiger partial charge in [0, 0.05) is 36.3 Å². The average Bonchev–Trinajstić information content (AvgIpc) is 3.27. The Balaban J connectivity index is 1.40. The van der Waals surface area contributed by atoms with E-state index in [1.165, 1.54) is 36.7 Å². The van der Waals surface area contributed by atoms with E-state index in [4.69, 9.17) is 10.5 Å². The number of nitrogen functional groups attached to an aromatic ring is 1. The fourth-order valence-electron chi connectivity index (χ4n) is 3.74. The zero-order valence-electron chi connectivity index (χ0n) is 19.9. The minimum Gasteiger partial charge on any atom is -0.455 e. The van der Waals surface area contributed by atoms with E-state index in [-0.39, 0.29) is 17.4 Å². The van der Waals surface area contributed by atoms with Crippen molar-refractivity contribution in [1.29, 1.82) is 0 Å². The van der Waals surface area contributed by atoms with Crippen LogP contribution in [0.4, 0.5) is 16.0 Å². The largest absolute Gasteiger partial charge is 0.455 e. The van der Waals surface area contributed by atoms with Gasteiger partial charge in [0.05, 0.1) is 6.20 Å². The Morgan fingerprint density at radius 2 is 1.89 bits per heavy atom. The van der Waals surface area contributed by atoms with Gasteiger partial charge in [0.1, 0.15) is 39.9 Å². The molecule has 0 aliphatic carbocycles. The summed E-state index contributed by atoms with van der Waals surface area (Å²) in [6.07, 6.45) is 6.13. The first kappa shape index (κ1) is 23.7. The third-order valence-corrected chi connectivity index (χ3v) is 5.69. The number of hydrogen-bond acceptors (Lipinski definition) is 7. The van der Waals surface area contributed by atoms with Gasteiger partial charge in [-0.05, 0) is 43.7 Å². The fraction of sp³-hybridized carbons (Fsp3) is 0.115. The van der Waals surface area contributed by atoms with Crippen molar-refractivity contribution in [2.75, 3.05) is 11.1 Å². The number of nitrogens with one attached hydrogen (secondary N) is 2. The molecule has 1 amide bonds. The van der Waals surface area contributed by atoms with Crippen molar-refractivity contribution < 1.29 is 13.9 Å². The molecule has 4 heterocycles. The van der Waals surface area contributed by atoms with E-state index in [0.717, 1.165) is 0 Å². The van der Waals surface area contributed by atoms with Crippen molar-refractivity contribution in [1.82, 2.24) is 24.7 Å². The number of carbonyl (C=O) groups excluding carboxylic acids is 1. The predicted octanol–water partition coefficient (Wildman–Crippen LogP) is 4.53. The molecule has 0 saturated carbocycles. The standard InChI is InChI=1S/C26H22FN7O3/c1-14(2)34-12-18(15-3-5-16(27)6-4-15)23(35)19(13-34)26(36)31-21-8-7-17(11-30-21)37-20-9-10-29-25-22(20)24(28)32-33-25/h3-14H,1-2H3,(H,30,31,36)(H3,28,29,32,33). The second kappa shape index (κ2) is 9.53. The summed E-state index contributed by atoms with van der Waals surface area (Å²) < 4.78 is 21.0. The molecule has 1 aromatic carbocycles. The molecule has 0 aliphatic heterocycles. The third kappa shape index (κ3) is 4.74. The summed E-state index contributed by atoms with van der Waals surface area (Å²) in [5.41, 5.74) is 6.60. The molecule has 0 atom stereocenters. The van der Waals surface area contributed by atoms with Crippen molar-refractivity contribution in [3.8, 4) is 22.6 Å². The minimum atomic E-state index is -0.619. The van der Waals surface area contributed by atoms with E-state index in [9.17, 15) is 14.0 Å². The number of fused-ring (bicyclic) bond motifs is 1. The van der Waals surface area contributed by atoms with Gasteiger partial charge >= 0.3 is 0 Å². The van der Waals surface area contributed by atoms with Crippen LogP contribution in [0.2, 0.25) is 0 Å². The number of benzene rings is 1. The van der Waals surface area contributed by atoms with Gasteiger partial charge in [-0.1, -0.05) is 12.1 Å². The van der Waals surface area contributed by atoms with Gasteiger partial charge in [0.25, 0.3) is 5.91 Å². The van der Waals surface area contributed by atoms with Gasteiger partial charge in [-0.3, -0.25) is 14.7 Å². The molecule has 0 radical (unpaired) electrons. The van der Waals surface area contributed by atoms with Crippen LogP contribution in [0.3, 0.4) is 0 Å². The predicted molar refractivity (Wildman–Crippen MR) is 137 cm³/mol. The Morgan fingerprint density at radius 1 is 1.11 bits per heavy atom. The Bertz CT molecular complexity index is 1660. The van der Waals surface area contributed by atoms with E-state index in [1.54, 1.807) is 35.2 Å².